The summed E-state index contributed by atoms with van der Waals surface area (Å²) in [7, 11) is 0. The molecule has 0 unspecified atom stereocenters. The van der Waals surface area contributed by atoms with Crippen molar-refractivity contribution in [2.75, 3.05) is 0 Å². The highest BCUT2D eigenvalue weighted by molar-refractivity contribution is 5.07. The fourth-order valence-electron chi connectivity index (χ4n) is 1.49. The summed E-state index contributed by atoms with van der Waals surface area (Å²) in [6.07, 6.45) is 1.77. The van der Waals surface area contributed by atoms with E-state index in [1.165, 1.54) is 9.25 Å². The van der Waals surface area contributed by atoms with Crippen molar-refractivity contribution in [3.8, 4) is 0 Å². The average molecular weight is 239 g/mol. The summed E-state index contributed by atoms with van der Waals surface area (Å²) in [6.45, 7) is 11.9. The second-order valence-electron chi connectivity index (χ2n) is 4.88. The molecule has 96 valence electrons. The molecule has 0 bridgehead atoms. The zero-order valence-corrected chi connectivity index (χ0v) is 11.0. The molecule has 0 aliphatic heterocycles. The molecule has 5 heteroatoms. The molecular formula is C12H21N3O2. The first kappa shape index (κ1) is 13.5. The molecule has 0 radical (unpaired) electrons. The molecule has 0 saturated heterocycles. The third-order valence-electron chi connectivity index (χ3n) is 3.21. The Morgan fingerprint density at radius 1 is 1.41 bits per heavy atom. The van der Waals surface area contributed by atoms with Gasteiger partial charge in [0.25, 0.3) is 0 Å². The van der Waals surface area contributed by atoms with Crippen LogP contribution in [-0.2, 0) is 12.1 Å². The maximum Gasteiger partial charge on any atom is 0.347 e. The van der Waals surface area contributed by atoms with Crippen LogP contribution in [-0.4, -0.2) is 14.3 Å². The Morgan fingerprint density at radius 2 is 2.00 bits per heavy atom. The fraction of sp³-hybridized carbons (Fsp3) is 0.667. The minimum atomic E-state index is -0.576. The number of rotatable bonds is 5. The van der Waals surface area contributed by atoms with Gasteiger partial charge in [0.15, 0.2) is 0 Å². The van der Waals surface area contributed by atoms with Gasteiger partial charge >= 0.3 is 11.4 Å². The molecule has 1 aromatic heterocycles. The largest absolute Gasteiger partial charge is 0.347 e. The zero-order valence-electron chi connectivity index (χ0n) is 11.0. The van der Waals surface area contributed by atoms with E-state index in [9.17, 15) is 9.59 Å². The number of hydrogen-bond donors (Lipinski definition) is 1. The summed E-state index contributed by atoms with van der Waals surface area (Å²) in [4.78, 5) is 23.8. The van der Waals surface area contributed by atoms with E-state index in [1.807, 2.05) is 27.7 Å². The van der Waals surface area contributed by atoms with Crippen molar-refractivity contribution < 1.29 is 0 Å². The van der Waals surface area contributed by atoms with Crippen molar-refractivity contribution in [1.29, 1.82) is 0 Å². The lowest BCUT2D eigenvalue weighted by Gasteiger charge is -2.24. The first-order valence-corrected chi connectivity index (χ1v) is 5.90. The molecular weight excluding hydrogens is 218 g/mol. The summed E-state index contributed by atoms with van der Waals surface area (Å²) in [5.41, 5.74) is -0.397. The molecule has 5 nitrogen and oxygen atoms in total. The molecule has 1 rings (SSSR count). The van der Waals surface area contributed by atoms with Crippen molar-refractivity contribution in [2.45, 2.75) is 52.6 Å². The van der Waals surface area contributed by atoms with Crippen LogP contribution in [0.25, 0.3) is 0 Å². The number of nitrogens with zero attached hydrogens (tertiary/aromatic N) is 2. The Bertz CT molecular complexity index is 517. The van der Waals surface area contributed by atoms with Gasteiger partial charge in [-0.3, -0.25) is 0 Å². The van der Waals surface area contributed by atoms with Crippen LogP contribution in [0.2, 0.25) is 0 Å². The smallest absolute Gasteiger partial charge is 0.246 e. The molecule has 0 atom stereocenters. The highest BCUT2D eigenvalue weighted by Gasteiger charge is 2.25. The average Bonchev–Trinajstić information content (AvgIpc) is 2.52. The lowest BCUT2D eigenvalue weighted by molar-refractivity contribution is 0.365. The quantitative estimate of drug-likeness (QED) is 0.791. The summed E-state index contributed by atoms with van der Waals surface area (Å²) in [5, 5.41) is 2.59. The van der Waals surface area contributed by atoms with Crippen LogP contribution in [0.1, 0.15) is 40.5 Å². The molecule has 17 heavy (non-hydrogen) atoms. The van der Waals surface area contributed by atoms with Gasteiger partial charge in [0.05, 0.1) is 5.54 Å². The van der Waals surface area contributed by atoms with Crippen LogP contribution < -0.4 is 11.4 Å². The molecule has 1 N–H and O–H groups in total. The lowest BCUT2D eigenvalue weighted by atomic mass is 9.97. The normalized spacial score (nSPS) is 11.8. The number of H-pyrrole nitrogens is 1. The number of aromatic amines is 1. The standard InChI is InChI=1S/C12H21N3O2/c1-6-7-8-14-10(16)13-15(11(14)17)12(4,5)9(2)3/h2,6-8H2,1,3-5H3,(H,13,16). The molecule has 0 fully saturated rings. The summed E-state index contributed by atoms with van der Waals surface area (Å²) in [6, 6.07) is 0. The number of allylic oxidation sites excluding steroid dienone is 1. The summed E-state index contributed by atoms with van der Waals surface area (Å²) < 4.78 is 2.60. The minimum Gasteiger partial charge on any atom is -0.246 e. The van der Waals surface area contributed by atoms with Crippen molar-refractivity contribution in [2.24, 2.45) is 0 Å². The van der Waals surface area contributed by atoms with E-state index in [4.69, 9.17) is 0 Å². The van der Waals surface area contributed by atoms with Gasteiger partial charge in [-0.25, -0.2) is 23.9 Å². The van der Waals surface area contributed by atoms with Crippen molar-refractivity contribution in [3.05, 3.63) is 33.1 Å². The highest BCUT2D eigenvalue weighted by Crippen LogP contribution is 2.19. The van der Waals surface area contributed by atoms with E-state index in [-0.39, 0.29) is 11.4 Å². The van der Waals surface area contributed by atoms with Crippen molar-refractivity contribution in [1.82, 2.24) is 14.3 Å². The van der Waals surface area contributed by atoms with Crippen LogP contribution >= 0.6 is 0 Å². The third-order valence-corrected chi connectivity index (χ3v) is 3.21. The Kier molecular flexibility index (Phi) is 3.80. The van der Waals surface area contributed by atoms with Gasteiger partial charge in [-0.1, -0.05) is 25.5 Å². The molecule has 1 heterocycles. The van der Waals surface area contributed by atoms with Gasteiger partial charge in [0, 0.05) is 6.54 Å². The van der Waals surface area contributed by atoms with Gasteiger partial charge in [-0.15, -0.1) is 0 Å². The van der Waals surface area contributed by atoms with Crippen LogP contribution in [0.5, 0.6) is 0 Å². The lowest BCUT2D eigenvalue weighted by Crippen LogP contribution is -2.38. The molecule has 0 saturated carbocycles. The van der Waals surface area contributed by atoms with Gasteiger partial charge in [0.2, 0.25) is 0 Å². The Balaban J connectivity index is 3.27. The predicted molar refractivity (Wildman–Crippen MR) is 68.4 cm³/mol. The molecule has 0 aliphatic rings. The van der Waals surface area contributed by atoms with E-state index in [2.05, 4.69) is 11.7 Å². The van der Waals surface area contributed by atoms with Crippen LogP contribution in [0, 0.1) is 0 Å². The molecule has 1 aromatic rings. The van der Waals surface area contributed by atoms with Gasteiger partial charge in [-0.05, 0) is 27.2 Å². The van der Waals surface area contributed by atoms with Crippen molar-refractivity contribution in [3.63, 3.8) is 0 Å². The molecule has 0 aromatic carbocycles. The highest BCUT2D eigenvalue weighted by atomic mass is 16.2. The zero-order chi connectivity index (χ0) is 13.2. The second-order valence-corrected chi connectivity index (χ2v) is 4.88. The van der Waals surface area contributed by atoms with E-state index in [1.54, 1.807) is 0 Å². The van der Waals surface area contributed by atoms with Gasteiger partial charge < -0.3 is 0 Å². The maximum atomic E-state index is 12.1. The number of aromatic nitrogens is 3. The monoisotopic (exact) mass is 239 g/mol. The van der Waals surface area contributed by atoms with E-state index < -0.39 is 5.54 Å². The van der Waals surface area contributed by atoms with Crippen LogP contribution in [0.3, 0.4) is 0 Å². The summed E-state index contributed by atoms with van der Waals surface area (Å²) >= 11 is 0. The Hall–Kier alpha value is -1.52. The van der Waals surface area contributed by atoms with Crippen molar-refractivity contribution >= 4 is 0 Å². The second kappa shape index (κ2) is 4.77. The molecule has 0 amide bonds. The first-order chi connectivity index (χ1) is 7.82. The minimum absolute atomic E-state index is 0.295. The summed E-state index contributed by atoms with van der Waals surface area (Å²) in [5.74, 6) is 0. The Labute approximate surface area is 101 Å². The molecule has 0 aliphatic carbocycles. The first-order valence-electron chi connectivity index (χ1n) is 5.90. The predicted octanol–water partition coefficient (Wildman–Crippen LogP) is 1.45. The topological polar surface area (TPSA) is 59.8 Å². The van der Waals surface area contributed by atoms with Crippen LogP contribution in [0.4, 0.5) is 0 Å². The third kappa shape index (κ3) is 2.43. The number of hydrogen-bond acceptors (Lipinski definition) is 2. The number of nitrogens with one attached hydrogen (secondary N) is 1. The molecule has 0 spiro atoms. The van der Waals surface area contributed by atoms with E-state index in [0.717, 1.165) is 18.4 Å². The maximum absolute atomic E-state index is 12.1. The van der Waals surface area contributed by atoms with Crippen LogP contribution in [0.15, 0.2) is 21.7 Å². The SMILES string of the molecule is C=C(C)C(C)(C)n1[nH]c(=O)n(CCCC)c1=O. The number of unbranched alkanes of at least 4 members (excludes halogenated alkanes) is 1. The van der Waals surface area contributed by atoms with E-state index >= 15 is 0 Å². The van der Waals surface area contributed by atoms with Gasteiger partial charge in [-0.2, -0.15) is 0 Å². The Morgan fingerprint density at radius 3 is 2.47 bits per heavy atom. The van der Waals surface area contributed by atoms with E-state index in [0.29, 0.717) is 6.54 Å². The fourth-order valence-corrected chi connectivity index (χ4v) is 1.49. The van der Waals surface area contributed by atoms with Gasteiger partial charge in [0.1, 0.15) is 0 Å².